The number of rotatable bonds is 2. The Labute approximate surface area is 110 Å². The van der Waals surface area contributed by atoms with Gasteiger partial charge in [-0.05, 0) is 43.4 Å². The number of amides is 1. The van der Waals surface area contributed by atoms with Crippen molar-refractivity contribution in [3.63, 3.8) is 0 Å². The van der Waals surface area contributed by atoms with Crippen LogP contribution in [0.15, 0.2) is 12.2 Å². The Balaban J connectivity index is 1.78. The molecule has 18 heavy (non-hydrogen) atoms. The van der Waals surface area contributed by atoms with Crippen LogP contribution >= 0.6 is 0 Å². The lowest BCUT2D eigenvalue weighted by Gasteiger charge is -2.37. The highest BCUT2D eigenvalue weighted by atomic mass is 16.2. The first-order valence-electron chi connectivity index (χ1n) is 7.48. The van der Waals surface area contributed by atoms with Gasteiger partial charge in [0.15, 0.2) is 0 Å². The molecule has 0 aromatic carbocycles. The van der Waals surface area contributed by atoms with Crippen LogP contribution in [0.3, 0.4) is 0 Å². The molecule has 2 atom stereocenters. The number of carbonyl (C=O) groups is 1. The first-order chi connectivity index (χ1) is 8.47. The highest BCUT2D eigenvalue weighted by Gasteiger charge is 2.60. The Morgan fingerprint density at radius 1 is 1.28 bits per heavy atom. The molecule has 3 rings (SSSR count). The molecule has 0 spiro atoms. The first-order valence-corrected chi connectivity index (χ1v) is 7.48. The summed E-state index contributed by atoms with van der Waals surface area (Å²) in [5.74, 6) is 0.951. The summed E-state index contributed by atoms with van der Waals surface area (Å²) in [7, 11) is 0. The number of carbonyl (C=O) groups excluding carboxylic acids is 1. The smallest absolute Gasteiger partial charge is 0.230 e. The molecule has 3 aliphatic carbocycles. The molecule has 0 aliphatic heterocycles. The van der Waals surface area contributed by atoms with Crippen LogP contribution in [0.1, 0.15) is 58.8 Å². The second-order valence-corrected chi connectivity index (χ2v) is 7.18. The summed E-state index contributed by atoms with van der Waals surface area (Å²) in [5, 5.41) is 3.31. The van der Waals surface area contributed by atoms with Crippen LogP contribution in [0, 0.1) is 16.7 Å². The quantitative estimate of drug-likeness (QED) is 0.744. The Hall–Kier alpha value is -0.790. The molecule has 1 amide bonds. The SMILES string of the molecule is C=C1C(C)(C)[C@@H]2CC[C@]1(C(=O)NC1CCCC1)C2. The topological polar surface area (TPSA) is 29.1 Å². The lowest BCUT2D eigenvalue weighted by atomic mass is 9.68. The molecular formula is C16H25NO. The van der Waals surface area contributed by atoms with E-state index in [2.05, 4.69) is 25.7 Å². The third-order valence-electron chi connectivity index (χ3n) is 6.02. The fraction of sp³-hybridized carbons (Fsp3) is 0.812. The van der Waals surface area contributed by atoms with Crippen LogP contribution in [0.2, 0.25) is 0 Å². The maximum Gasteiger partial charge on any atom is 0.230 e. The fourth-order valence-corrected chi connectivity index (χ4v) is 4.54. The third-order valence-corrected chi connectivity index (χ3v) is 6.02. The molecule has 2 heteroatoms. The lowest BCUT2D eigenvalue weighted by molar-refractivity contribution is -0.129. The average Bonchev–Trinajstić information content (AvgIpc) is 2.98. The largest absolute Gasteiger partial charge is 0.353 e. The molecule has 3 saturated carbocycles. The fourth-order valence-electron chi connectivity index (χ4n) is 4.54. The first kappa shape index (κ1) is 12.3. The minimum Gasteiger partial charge on any atom is -0.353 e. The van der Waals surface area contributed by atoms with Crippen molar-refractivity contribution in [1.29, 1.82) is 0 Å². The summed E-state index contributed by atoms with van der Waals surface area (Å²) in [6.45, 7) is 8.83. The van der Waals surface area contributed by atoms with E-state index in [9.17, 15) is 4.79 Å². The van der Waals surface area contributed by atoms with E-state index >= 15 is 0 Å². The van der Waals surface area contributed by atoms with E-state index in [-0.39, 0.29) is 16.7 Å². The molecule has 0 unspecified atom stereocenters. The molecule has 1 N–H and O–H groups in total. The van der Waals surface area contributed by atoms with Crippen LogP contribution < -0.4 is 5.32 Å². The average molecular weight is 247 g/mol. The Kier molecular flexibility index (Phi) is 2.62. The summed E-state index contributed by atoms with van der Waals surface area (Å²) >= 11 is 0. The molecule has 2 bridgehead atoms. The van der Waals surface area contributed by atoms with Crippen molar-refractivity contribution in [1.82, 2.24) is 5.32 Å². The van der Waals surface area contributed by atoms with Gasteiger partial charge in [0.05, 0.1) is 5.41 Å². The van der Waals surface area contributed by atoms with Crippen LogP contribution in [-0.2, 0) is 4.79 Å². The zero-order valence-electron chi connectivity index (χ0n) is 11.7. The van der Waals surface area contributed by atoms with Crippen LogP contribution in [-0.4, -0.2) is 11.9 Å². The van der Waals surface area contributed by atoms with Crippen LogP contribution in [0.25, 0.3) is 0 Å². The number of hydrogen-bond donors (Lipinski definition) is 1. The van der Waals surface area contributed by atoms with Gasteiger partial charge in [0.1, 0.15) is 0 Å². The molecule has 3 aliphatic rings. The van der Waals surface area contributed by atoms with Crippen molar-refractivity contribution in [3.05, 3.63) is 12.2 Å². The Morgan fingerprint density at radius 3 is 2.50 bits per heavy atom. The second kappa shape index (κ2) is 3.85. The van der Waals surface area contributed by atoms with Crippen molar-refractivity contribution >= 4 is 5.91 Å². The molecule has 0 saturated heterocycles. The Morgan fingerprint density at radius 2 is 1.94 bits per heavy atom. The van der Waals surface area contributed by atoms with Gasteiger partial charge < -0.3 is 5.32 Å². The van der Waals surface area contributed by atoms with Crippen LogP contribution in [0.5, 0.6) is 0 Å². The van der Waals surface area contributed by atoms with Gasteiger partial charge in [0, 0.05) is 6.04 Å². The normalized spacial score (nSPS) is 38.3. The van der Waals surface area contributed by atoms with E-state index in [1.807, 2.05) is 0 Å². The highest BCUT2D eigenvalue weighted by molar-refractivity contribution is 5.87. The van der Waals surface area contributed by atoms with Gasteiger partial charge in [-0.25, -0.2) is 0 Å². The molecule has 0 heterocycles. The van der Waals surface area contributed by atoms with E-state index < -0.39 is 0 Å². The monoisotopic (exact) mass is 247 g/mol. The zero-order valence-corrected chi connectivity index (χ0v) is 11.7. The minimum atomic E-state index is -0.225. The molecule has 0 aromatic heterocycles. The summed E-state index contributed by atoms with van der Waals surface area (Å²) < 4.78 is 0. The van der Waals surface area contributed by atoms with Gasteiger partial charge in [-0.3, -0.25) is 4.79 Å². The van der Waals surface area contributed by atoms with Gasteiger partial charge in [-0.2, -0.15) is 0 Å². The predicted molar refractivity (Wildman–Crippen MR) is 73.1 cm³/mol. The van der Waals surface area contributed by atoms with Gasteiger partial charge in [0.2, 0.25) is 5.91 Å². The lowest BCUT2D eigenvalue weighted by Crippen LogP contribution is -2.45. The van der Waals surface area contributed by atoms with E-state index in [4.69, 9.17) is 0 Å². The van der Waals surface area contributed by atoms with Crippen molar-refractivity contribution < 1.29 is 4.79 Å². The number of nitrogens with one attached hydrogen (secondary N) is 1. The van der Waals surface area contributed by atoms with Crippen LogP contribution in [0.4, 0.5) is 0 Å². The number of hydrogen-bond acceptors (Lipinski definition) is 1. The molecular weight excluding hydrogens is 222 g/mol. The molecule has 3 fully saturated rings. The summed E-state index contributed by atoms with van der Waals surface area (Å²) in [6.07, 6.45) is 8.14. The Bertz CT molecular complexity index is 392. The summed E-state index contributed by atoms with van der Waals surface area (Å²) in [4.78, 5) is 12.7. The third kappa shape index (κ3) is 1.50. The van der Waals surface area contributed by atoms with E-state index in [0.29, 0.717) is 12.0 Å². The van der Waals surface area contributed by atoms with E-state index in [1.165, 1.54) is 37.7 Å². The predicted octanol–water partition coefficient (Wildman–Crippen LogP) is 3.43. The van der Waals surface area contributed by atoms with Crippen molar-refractivity contribution in [2.45, 2.75) is 64.8 Å². The molecule has 100 valence electrons. The van der Waals surface area contributed by atoms with Gasteiger partial charge in [0.25, 0.3) is 0 Å². The highest BCUT2D eigenvalue weighted by Crippen LogP contribution is 2.65. The van der Waals surface area contributed by atoms with E-state index in [1.54, 1.807) is 0 Å². The van der Waals surface area contributed by atoms with Gasteiger partial charge >= 0.3 is 0 Å². The van der Waals surface area contributed by atoms with E-state index in [0.717, 1.165) is 12.8 Å². The van der Waals surface area contributed by atoms with Crippen molar-refractivity contribution in [2.75, 3.05) is 0 Å². The molecule has 2 nitrogen and oxygen atoms in total. The van der Waals surface area contributed by atoms with Gasteiger partial charge in [-0.1, -0.05) is 38.8 Å². The number of fused-ring (bicyclic) bond motifs is 2. The summed E-state index contributed by atoms with van der Waals surface area (Å²) in [5.41, 5.74) is 1.13. The summed E-state index contributed by atoms with van der Waals surface area (Å²) in [6, 6.07) is 0.433. The minimum absolute atomic E-state index is 0.158. The van der Waals surface area contributed by atoms with Crippen molar-refractivity contribution in [2.24, 2.45) is 16.7 Å². The maximum atomic E-state index is 12.7. The van der Waals surface area contributed by atoms with Gasteiger partial charge in [-0.15, -0.1) is 0 Å². The molecule has 0 radical (unpaired) electrons. The second-order valence-electron chi connectivity index (χ2n) is 7.18. The molecule has 0 aromatic rings. The zero-order chi connectivity index (χ0) is 13.0. The van der Waals surface area contributed by atoms with Crippen molar-refractivity contribution in [3.8, 4) is 0 Å². The maximum absolute atomic E-state index is 12.7. The standard InChI is InChI=1S/C16H25NO/c1-11-15(2,3)12-8-9-16(11,10-12)14(18)17-13-6-4-5-7-13/h12-13H,1,4-10H2,2-3H3,(H,17,18)/t12-,16+/m1/s1.